The number of nitrogens with one attached hydrogen (secondary N) is 2. The van der Waals surface area contributed by atoms with Crippen LogP contribution in [0.15, 0.2) is 42.0 Å². The first kappa shape index (κ1) is 13.0. The molecule has 1 aromatic carbocycles. The number of H-pyrrole nitrogens is 1. The van der Waals surface area contributed by atoms with Crippen molar-refractivity contribution in [2.24, 2.45) is 0 Å². The third-order valence-corrected chi connectivity index (χ3v) is 4.16. The molecule has 0 fully saturated rings. The van der Waals surface area contributed by atoms with Crippen LogP contribution in [-0.2, 0) is 13.1 Å². The van der Waals surface area contributed by atoms with Crippen LogP contribution in [0.5, 0.6) is 0 Å². The Morgan fingerprint density at radius 3 is 2.80 bits per heavy atom. The molecule has 0 bridgehead atoms. The van der Waals surface area contributed by atoms with Crippen molar-refractivity contribution in [3.05, 3.63) is 58.2 Å². The van der Waals surface area contributed by atoms with E-state index in [0.717, 1.165) is 30.0 Å². The van der Waals surface area contributed by atoms with Gasteiger partial charge in [-0.2, -0.15) is 5.10 Å². The van der Waals surface area contributed by atoms with E-state index in [1.165, 1.54) is 10.4 Å². The van der Waals surface area contributed by atoms with Gasteiger partial charge >= 0.3 is 0 Å². The summed E-state index contributed by atoms with van der Waals surface area (Å²) in [6, 6.07) is 10.3. The lowest BCUT2D eigenvalue weighted by molar-refractivity contribution is 0.698. The van der Waals surface area contributed by atoms with E-state index in [-0.39, 0.29) is 0 Å². The molecule has 0 spiro atoms. The van der Waals surface area contributed by atoms with Crippen molar-refractivity contribution in [1.29, 1.82) is 0 Å². The Balaban J connectivity index is 1.67. The number of aryl methyl sites for hydroxylation is 1. The summed E-state index contributed by atoms with van der Waals surface area (Å²) in [6.07, 6.45) is 1.88. The second-order valence-electron chi connectivity index (χ2n) is 4.60. The fraction of sp³-hybridized carbons (Fsp3) is 0.200. The minimum atomic E-state index is 0.790. The molecule has 0 unspecified atom stereocenters. The largest absolute Gasteiger partial charge is 0.308 e. The number of aromatic nitrogens is 3. The zero-order valence-corrected chi connectivity index (χ0v) is 12.1. The van der Waals surface area contributed by atoms with Crippen molar-refractivity contribution in [1.82, 2.24) is 20.5 Å². The fourth-order valence-corrected chi connectivity index (χ4v) is 2.85. The van der Waals surface area contributed by atoms with Crippen LogP contribution in [0.25, 0.3) is 11.3 Å². The maximum absolute atomic E-state index is 4.26. The molecule has 2 heterocycles. The highest BCUT2D eigenvalue weighted by atomic mass is 32.1. The molecule has 5 heteroatoms. The first-order valence-corrected chi connectivity index (χ1v) is 7.40. The highest BCUT2D eigenvalue weighted by molar-refractivity contribution is 7.09. The first-order valence-electron chi connectivity index (χ1n) is 6.52. The second-order valence-corrected chi connectivity index (χ2v) is 5.54. The molecule has 3 rings (SSSR count). The molecular weight excluding hydrogens is 268 g/mol. The lowest BCUT2D eigenvalue weighted by Crippen LogP contribution is -2.12. The van der Waals surface area contributed by atoms with Crippen LogP contribution in [0, 0.1) is 6.92 Å². The molecule has 102 valence electrons. The van der Waals surface area contributed by atoms with E-state index < -0.39 is 0 Å². The van der Waals surface area contributed by atoms with Gasteiger partial charge in [-0.25, -0.2) is 4.98 Å². The van der Waals surface area contributed by atoms with Crippen molar-refractivity contribution in [2.45, 2.75) is 20.0 Å². The van der Waals surface area contributed by atoms with Gasteiger partial charge in [0.15, 0.2) is 0 Å². The van der Waals surface area contributed by atoms with Crippen LogP contribution in [0.2, 0.25) is 0 Å². The Labute approximate surface area is 121 Å². The maximum atomic E-state index is 4.26. The van der Waals surface area contributed by atoms with Crippen molar-refractivity contribution in [2.75, 3.05) is 0 Å². The average Bonchev–Trinajstić information content (AvgIpc) is 3.10. The summed E-state index contributed by atoms with van der Waals surface area (Å²) in [7, 11) is 0. The molecule has 4 nitrogen and oxygen atoms in total. The van der Waals surface area contributed by atoms with E-state index in [0.29, 0.717) is 0 Å². The van der Waals surface area contributed by atoms with E-state index >= 15 is 0 Å². The van der Waals surface area contributed by atoms with Crippen LogP contribution < -0.4 is 5.32 Å². The predicted molar refractivity (Wildman–Crippen MR) is 81.4 cm³/mol. The molecule has 0 aliphatic carbocycles. The van der Waals surface area contributed by atoms with Crippen LogP contribution in [-0.4, -0.2) is 15.2 Å². The molecule has 0 saturated heterocycles. The van der Waals surface area contributed by atoms with Crippen LogP contribution >= 0.6 is 11.3 Å². The van der Waals surface area contributed by atoms with Gasteiger partial charge in [-0.3, -0.25) is 5.10 Å². The van der Waals surface area contributed by atoms with E-state index in [1.807, 2.05) is 36.8 Å². The zero-order chi connectivity index (χ0) is 13.8. The Morgan fingerprint density at radius 2 is 2.05 bits per heavy atom. The lowest BCUT2D eigenvalue weighted by Gasteiger charge is -2.05. The second kappa shape index (κ2) is 5.98. The molecule has 0 atom stereocenters. The summed E-state index contributed by atoms with van der Waals surface area (Å²) >= 11 is 1.69. The van der Waals surface area contributed by atoms with E-state index in [1.54, 1.807) is 11.3 Å². The maximum Gasteiger partial charge on any atom is 0.0798 e. The van der Waals surface area contributed by atoms with E-state index in [9.17, 15) is 0 Å². The van der Waals surface area contributed by atoms with Crippen LogP contribution in [0.3, 0.4) is 0 Å². The van der Waals surface area contributed by atoms with Gasteiger partial charge in [-0.1, -0.05) is 30.3 Å². The minimum absolute atomic E-state index is 0.790. The summed E-state index contributed by atoms with van der Waals surface area (Å²) < 4.78 is 0. The Hall–Kier alpha value is -1.98. The Morgan fingerprint density at radius 1 is 1.20 bits per heavy atom. The summed E-state index contributed by atoms with van der Waals surface area (Å²) in [5, 5.41) is 10.7. The molecule has 3 aromatic rings. The smallest absolute Gasteiger partial charge is 0.0798 e. The lowest BCUT2D eigenvalue weighted by atomic mass is 10.1. The minimum Gasteiger partial charge on any atom is -0.308 e. The molecule has 20 heavy (non-hydrogen) atoms. The van der Waals surface area contributed by atoms with Crippen LogP contribution in [0.4, 0.5) is 0 Å². The molecule has 0 amide bonds. The summed E-state index contributed by atoms with van der Waals surface area (Å²) in [5.41, 5.74) is 6.42. The summed E-state index contributed by atoms with van der Waals surface area (Å²) in [4.78, 5) is 5.54. The molecule has 0 saturated carbocycles. The SMILES string of the molecule is Cc1ncsc1CNCc1cn[nH]c1-c1ccccc1. The summed E-state index contributed by atoms with van der Waals surface area (Å²) in [6.45, 7) is 3.68. The van der Waals surface area contributed by atoms with Gasteiger partial charge in [0.1, 0.15) is 0 Å². The van der Waals surface area contributed by atoms with Crippen molar-refractivity contribution < 1.29 is 0 Å². The normalized spacial score (nSPS) is 10.8. The fourth-order valence-electron chi connectivity index (χ4n) is 2.11. The number of hydrogen-bond donors (Lipinski definition) is 2. The monoisotopic (exact) mass is 284 g/mol. The Bertz CT molecular complexity index is 672. The number of thiazole rings is 1. The van der Waals surface area contributed by atoms with Crippen LogP contribution in [0.1, 0.15) is 16.1 Å². The van der Waals surface area contributed by atoms with Gasteiger partial charge in [0.05, 0.1) is 23.1 Å². The van der Waals surface area contributed by atoms with Gasteiger partial charge in [-0.15, -0.1) is 11.3 Å². The number of benzene rings is 1. The number of nitrogens with zero attached hydrogens (tertiary/aromatic N) is 2. The zero-order valence-electron chi connectivity index (χ0n) is 11.3. The van der Waals surface area contributed by atoms with Gasteiger partial charge in [0, 0.05) is 23.5 Å². The molecular formula is C15H16N4S. The van der Waals surface area contributed by atoms with E-state index in [4.69, 9.17) is 0 Å². The molecule has 2 N–H and O–H groups in total. The standard InChI is InChI=1S/C15H16N4S/c1-11-14(20-10-17-11)9-16-7-13-8-18-19-15(13)12-5-3-2-4-6-12/h2-6,8,10,16H,7,9H2,1H3,(H,18,19). The van der Waals surface area contributed by atoms with Gasteiger partial charge in [-0.05, 0) is 12.5 Å². The third-order valence-electron chi connectivity index (χ3n) is 3.23. The van der Waals surface area contributed by atoms with Crippen molar-refractivity contribution >= 4 is 11.3 Å². The van der Waals surface area contributed by atoms with E-state index in [2.05, 4.69) is 32.6 Å². The number of hydrogen-bond acceptors (Lipinski definition) is 4. The van der Waals surface area contributed by atoms with Crippen molar-refractivity contribution in [3.8, 4) is 11.3 Å². The third kappa shape index (κ3) is 2.79. The number of aromatic amines is 1. The highest BCUT2D eigenvalue weighted by Gasteiger charge is 2.07. The highest BCUT2D eigenvalue weighted by Crippen LogP contribution is 2.20. The van der Waals surface area contributed by atoms with Gasteiger partial charge in [0.2, 0.25) is 0 Å². The molecule has 2 aromatic heterocycles. The average molecular weight is 284 g/mol. The summed E-state index contributed by atoms with van der Waals surface area (Å²) in [5.74, 6) is 0. The first-order chi connectivity index (χ1) is 9.84. The van der Waals surface area contributed by atoms with Gasteiger partial charge in [0.25, 0.3) is 0 Å². The van der Waals surface area contributed by atoms with Crippen molar-refractivity contribution in [3.63, 3.8) is 0 Å². The Kier molecular flexibility index (Phi) is 3.90. The topological polar surface area (TPSA) is 53.6 Å². The molecule has 0 radical (unpaired) electrons. The number of rotatable bonds is 5. The molecule has 0 aliphatic heterocycles. The van der Waals surface area contributed by atoms with Gasteiger partial charge < -0.3 is 5.32 Å². The predicted octanol–water partition coefficient (Wildman–Crippen LogP) is 3.13. The quantitative estimate of drug-likeness (QED) is 0.757. The molecule has 0 aliphatic rings.